The van der Waals surface area contributed by atoms with E-state index >= 15 is 0 Å². The molecule has 0 amide bonds. The third-order valence-electron chi connectivity index (χ3n) is 1.71. The Hall–Kier alpha value is -1.55. The van der Waals surface area contributed by atoms with E-state index in [1.165, 1.54) is 18.2 Å². The van der Waals surface area contributed by atoms with E-state index in [1.54, 1.807) is 12.1 Å². The number of rotatable bonds is 2. The normalized spacial score (nSPS) is 9.40. The quantitative estimate of drug-likeness (QED) is 0.745. The van der Waals surface area contributed by atoms with Crippen LogP contribution in [0.2, 0.25) is 10.0 Å². The fraction of sp³-hybridized carbons (Fsp3) is 0.100. The zero-order valence-electron chi connectivity index (χ0n) is 7.37. The van der Waals surface area contributed by atoms with Crippen molar-refractivity contribution in [3.8, 4) is 12.1 Å². The highest BCUT2D eigenvalue weighted by Gasteiger charge is 2.21. The van der Waals surface area contributed by atoms with Crippen LogP contribution < -0.4 is 0 Å². The molecule has 3 nitrogen and oxygen atoms in total. The highest BCUT2D eigenvalue weighted by atomic mass is 35.5. The molecule has 0 saturated carbocycles. The maximum atomic E-state index is 11.6. The predicted molar refractivity (Wildman–Crippen MR) is 55.5 cm³/mol. The minimum absolute atomic E-state index is 0.0947. The van der Waals surface area contributed by atoms with E-state index < -0.39 is 11.7 Å². The number of hydrogen-bond acceptors (Lipinski definition) is 3. The van der Waals surface area contributed by atoms with Crippen molar-refractivity contribution in [3.63, 3.8) is 0 Å². The molecule has 0 aliphatic carbocycles. The Balaban J connectivity index is 3.18. The lowest BCUT2D eigenvalue weighted by Crippen LogP contribution is -2.11. The van der Waals surface area contributed by atoms with Gasteiger partial charge in [0.25, 0.3) is 0 Å². The Morgan fingerprint density at radius 2 is 1.87 bits per heavy atom. The number of hydrogen-bond donors (Lipinski definition) is 0. The van der Waals surface area contributed by atoms with Crippen LogP contribution in [0.4, 0.5) is 0 Å². The highest BCUT2D eigenvalue weighted by molar-refractivity contribution is 6.36. The van der Waals surface area contributed by atoms with Crippen LogP contribution in [0.1, 0.15) is 10.4 Å². The van der Waals surface area contributed by atoms with E-state index in [-0.39, 0.29) is 10.6 Å². The molecule has 1 aromatic carbocycles. The summed E-state index contributed by atoms with van der Waals surface area (Å²) in [6.07, 6.45) is 0. The molecule has 1 aromatic rings. The molecule has 0 spiro atoms. The molecule has 1 rings (SSSR count). The van der Waals surface area contributed by atoms with Crippen LogP contribution >= 0.6 is 23.2 Å². The third-order valence-corrected chi connectivity index (χ3v) is 2.28. The molecule has 0 heterocycles. The lowest BCUT2D eigenvalue weighted by molar-refractivity contribution is 0.0971. The Kier molecular flexibility index (Phi) is 3.68. The number of nitriles is 2. The van der Waals surface area contributed by atoms with Crippen LogP contribution in [0.3, 0.4) is 0 Å². The number of halogens is 2. The molecule has 0 saturated heterocycles. The van der Waals surface area contributed by atoms with Crippen molar-refractivity contribution in [3.05, 3.63) is 33.8 Å². The van der Waals surface area contributed by atoms with Gasteiger partial charge in [-0.15, -0.1) is 0 Å². The van der Waals surface area contributed by atoms with Gasteiger partial charge in [0.1, 0.15) is 0 Å². The number of carbonyl (C=O) groups excluding carboxylic acids is 1. The zero-order valence-corrected chi connectivity index (χ0v) is 8.88. The maximum Gasteiger partial charge on any atom is 0.195 e. The fourth-order valence-corrected chi connectivity index (χ4v) is 1.37. The van der Waals surface area contributed by atoms with E-state index in [1.807, 2.05) is 0 Å². The molecule has 0 bridgehead atoms. The summed E-state index contributed by atoms with van der Waals surface area (Å²) in [4.78, 5) is 11.6. The van der Waals surface area contributed by atoms with Crippen LogP contribution in [0.15, 0.2) is 18.2 Å². The molecule has 0 aromatic heterocycles. The molecule has 0 atom stereocenters. The summed E-state index contributed by atoms with van der Waals surface area (Å²) in [5.41, 5.74) is 0.0947. The van der Waals surface area contributed by atoms with E-state index in [9.17, 15) is 4.79 Å². The van der Waals surface area contributed by atoms with Crippen molar-refractivity contribution < 1.29 is 4.79 Å². The van der Waals surface area contributed by atoms with Gasteiger partial charge in [-0.1, -0.05) is 23.2 Å². The minimum Gasteiger partial charge on any atom is -0.291 e. The van der Waals surface area contributed by atoms with Crippen LogP contribution in [-0.4, -0.2) is 5.78 Å². The average Bonchev–Trinajstić information content (AvgIpc) is 2.23. The largest absolute Gasteiger partial charge is 0.291 e. The first-order valence-electron chi connectivity index (χ1n) is 3.88. The molecule has 0 radical (unpaired) electrons. The van der Waals surface area contributed by atoms with Gasteiger partial charge in [-0.3, -0.25) is 4.79 Å². The maximum absolute atomic E-state index is 11.6. The number of nitrogens with zero attached hydrogens (tertiary/aromatic N) is 2. The van der Waals surface area contributed by atoms with Crippen LogP contribution in [0, 0.1) is 28.6 Å². The van der Waals surface area contributed by atoms with E-state index in [0.717, 1.165) is 0 Å². The SMILES string of the molecule is N#CC(C#N)C(=O)c1cc(Cl)ccc1Cl. The molecule has 74 valence electrons. The summed E-state index contributed by atoms with van der Waals surface area (Å²) >= 11 is 11.4. The Bertz CT molecular complexity index is 471. The molecule has 0 N–H and O–H groups in total. The molecular formula is C10H4Cl2N2O. The molecule has 0 aliphatic heterocycles. The van der Waals surface area contributed by atoms with Gasteiger partial charge >= 0.3 is 0 Å². The topological polar surface area (TPSA) is 64.7 Å². The van der Waals surface area contributed by atoms with Crippen LogP contribution in [0.25, 0.3) is 0 Å². The Labute approximate surface area is 96.4 Å². The third kappa shape index (κ3) is 2.47. The first-order chi connectivity index (χ1) is 7.10. The molecule has 5 heteroatoms. The minimum atomic E-state index is -1.35. The second-order valence-electron chi connectivity index (χ2n) is 2.68. The van der Waals surface area contributed by atoms with Gasteiger partial charge in [0.15, 0.2) is 11.7 Å². The second kappa shape index (κ2) is 4.79. The standard InChI is InChI=1S/C10H4Cl2N2O/c11-7-1-2-9(12)8(3-7)10(15)6(4-13)5-14/h1-3,6H. The molecule has 0 fully saturated rings. The summed E-state index contributed by atoms with van der Waals surface area (Å²) in [6.45, 7) is 0. The summed E-state index contributed by atoms with van der Waals surface area (Å²) in [5.74, 6) is -1.98. The predicted octanol–water partition coefficient (Wildman–Crippen LogP) is 2.84. The monoisotopic (exact) mass is 238 g/mol. The van der Waals surface area contributed by atoms with Gasteiger partial charge in [-0.05, 0) is 18.2 Å². The van der Waals surface area contributed by atoms with Crippen molar-refractivity contribution >= 4 is 29.0 Å². The van der Waals surface area contributed by atoms with Crippen LogP contribution in [-0.2, 0) is 0 Å². The van der Waals surface area contributed by atoms with Gasteiger partial charge < -0.3 is 0 Å². The highest BCUT2D eigenvalue weighted by Crippen LogP contribution is 2.23. The molecule has 0 unspecified atom stereocenters. The summed E-state index contributed by atoms with van der Waals surface area (Å²) in [7, 11) is 0. The van der Waals surface area contributed by atoms with Crippen molar-refractivity contribution in [1.82, 2.24) is 0 Å². The van der Waals surface area contributed by atoms with Crippen molar-refractivity contribution in [2.75, 3.05) is 0 Å². The molecular weight excluding hydrogens is 235 g/mol. The lowest BCUT2D eigenvalue weighted by atomic mass is 10.0. The smallest absolute Gasteiger partial charge is 0.195 e. The van der Waals surface area contributed by atoms with Gasteiger partial charge in [0, 0.05) is 10.6 Å². The fourth-order valence-electron chi connectivity index (χ4n) is 0.988. The Morgan fingerprint density at radius 1 is 1.27 bits per heavy atom. The van der Waals surface area contributed by atoms with Gasteiger partial charge in [-0.25, -0.2) is 0 Å². The second-order valence-corrected chi connectivity index (χ2v) is 3.52. The van der Waals surface area contributed by atoms with Crippen molar-refractivity contribution in [2.45, 2.75) is 0 Å². The first kappa shape index (κ1) is 11.5. The van der Waals surface area contributed by atoms with Crippen LogP contribution in [0.5, 0.6) is 0 Å². The lowest BCUT2D eigenvalue weighted by Gasteiger charge is -2.03. The van der Waals surface area contributed by atoms with Crippen molar-refractivity contribution in [1.29, 1.82) is 10.5 Å². The first-order valence-corrected chi connectivity index (χ1v) is 4.64. The molecule has 15 heavy (non-hydrogen) atoms. The van der Waals surface area contributed by atoms with E-state index in [0.29, 0.717) is 5.02 Å². The summed E-state index contributed by atoms with van der Waals surface area (Å²) in [6, 6.07) is 7.48. The van der Waals surface area contributed by atoms with Gasteiger partial charge in [0.2, 0.25) is 0 Å². The van der Waals surface area contributed by atoms with E-state index in [4.69, 9.17) is 33.7 Å². The van der Waals surface area contributed by atoms with Gasteiger partial charge in [-0.2, -0.15) is 10.5 Å². The number of Topliss-reactive ketones (excluding diaryl/α,β-unsaturated/α-hetero) is 1. The summed E-state index contributed by atoms with van der Waals surface area (Å²) in [5, 5.41) is 17.6. The molecule has 0 aliphatic rings. The Morgan fingerprint density at radius 3 is 2.40 bits per heavy atom. The van der Waals surface area contributed by atoms with E-state index in [2.05, 4.69) is 0 Å². The van der Waals surface area contributed by atoms with Crippen molar-refractivity contribution in [2.24, 2.45) is 5.92 Å². The average molecular weight is 239 g/mol. The van der Waals surface area contributed by atoms with Gasteiger partial charge in [0.05, 0.1) is 17.2 Å². The summed E-state index contributed by atoms with van der Waals surface area (Å²) < 4.78 is 0. The number of carbonyl (C=O) groups is 1. The number of ketones is 1. The number of benzene rings is 1. The zero-order chi connectivity index (χ0) is 11.4.